The third-order valence-electron chi connectivity index (χ3n) is 5.55. The van der Waals surface area contributed by atoms with Gasteiger partial charge >= 0.3 is 0 Å². The number of rotatable bonds is 9. The number of hydrogen-bond acceptors (Lipinski definition) is 7. The molecule has 0 radical (unpaired) electrons. The fourth-order valence-electron chi connectivity index (χ4n) is 3.78. The molecule has 0 spiro atoms. The number of anilines is 1. The van der Waals surface area contributed by atoms with Crippen LogP contribution in [-0.2, 0) is 26.2 Å². The van der Waals surface area contributed by atoms with Crippen LogP contribution < -0.4 is 15.8 Å². The number of sulfonamides is 1. The SMILES string of the molecule is COc1cc(C)c(S(=O)(=O)N(C)CC(=O)NCC(=O)N(C)Cc2ccc3nc(N)[nH]c3c2)c(C)c1. The smallest absolute Gasteiger partial charge is 0.243 e. The number of benzene rings is 2. The molecule has 0 aliphatic rings. The number of carbonyl (C=O) groups is 2. The van der Waals surface area contributed by atoms with Crippen LogP contribution in [0.5, 0.6) is 5.75 Å². The van der Waals surface area contributed by atoms with Crippen molar-refractivity contribution in [3.63, 3.8) is 0 Å². The number of nitrogens with one attached hydrogen (secondary N) is 2. The van der Waals surface area contributed by atoms with Crippen molar-refractivity contribution in [2.24, 2.45) is 0 Å². The van der Waals surface area contributed by atoms with Crippen LogP contribution in [0.15, 0.2) is 35.2 Å². The fourth-order valence-corrected chi connectivity index (χ4v) is 5.31. The van der Waals surface area contributed by atoms with E-state index in [2.05, 4.69) is 15.3 Å². The molecule has 3 rings (SSSR count). The molecule has 35 heavy (non-hydrogen) atoms. The van der Waals surface area contributed by atoms with Crippen LogP contribution in [0.25, 0.3) is 11.0 Å². The van der Waals surface area contributed by atoms with Gasteiger partial charge in [0.15, 0.2) is 5.95 Å². The molecule has 3 aromatic rings. The fraction of sp³-hybridized carbons (Fsp3) is 0.348. The van der Waals surface area contributed by atoms with Gasteiger partial charge in [-0.05, 0) is 54.8 Å². The normalized spacial score (nSPS) is 11.6. The standard InChI is InChI=1S/C23H30N6O5S/c1-14-8-17(34-5)9-15(2)22(14)35(32,33)29(4)13-20(30)25-11-21(31)28(3)12-16-6-7-18-19(10-16)27-23(24)26-18/h6-10H,11-13H2,1-5H3,(H,25,30)(H3,24,26,27). The van der Waals surface area contributed by atoms with Crippen molar-refractivity contribution in [2.45, 2.75) is 25.3 Å². The minimum absolute atomic E-state index is 0.125. The van der Waals surface area contributed by atoms with E-state index in [0.717, 1.165) is 20.9 Å². The molecule has 2 amide bonds. The van der Waals surface area contributed by atoms with Gasteiger partial charge in [0.05, 0.1) is 36.1 Å². The van der Waals surface area contributed by atoms with Gasteiger partial charge in [-0.15, -0.1) is 0 Å². The molecule has 4 N–H and O–H groups in total. The predicted molar refractivity (Wildman–Crippen MR) is 132 cm³/mol. The maximum absolute atomic E-state index is 13.1. The van der Waals surface area contributed by atoms with Crippen molar-refractivity contribution in [1.29, 1.82) is 0 Å². The Morgan fingerprint density at radius 1 is 1.14 bits per heavy atom. The van der Waals surface area contributed by atoms with Crippen molar-refractivity contribution in [2.75, 3.05) is 40.0 Å². The van der Waals surface area contributed by atoms with E-state index in [0.29, 0.717) is 29.4 Å². The number of ether oxygens (including phenoxy) is 1. The molecule has 0 unspecified atom stereocenters. The average molecular weight is 503 g/mol. The molecule has 0 aliphatic heterocycles. The topological polar surface area (TPSA) is 151 Å². The highest BCUT2D eigenvalue weighted by Crippen LogP contribution is 2.27. The summed E-state index contributed by atoms with van der Waals surface area (Å²) in [6, 6.07) is 8.75. The van der Waals surface area contributed by atoms with Crippen LogP contribution in [0.3, 0.4) is 0 Å². The first kappa shape index (κ1) is 26.0. The van der Waals surface area contributed by atoms with Gasteiger partial charge in [0, 0.05) is 20.6 Å². The summed E-state index contributed by atoms with van der Waals surface area (Å²) in [6.07, 6.45) is 0. The molecule has 0 saturated carbocycles. The molecule has 0 fully saturated rings. The molecule has 0 atom stereocenters. The average Bonchev–Trinajstić information content (AvgIpc) is 3.15. The highest BCUT2D eigenvalue weighted by atomic mass is 32.2. The number of methoxy groups -OCH3 is 1. The lowest BCUT2D eigenvalue weighted by Crippen LogP contribution is -2.43. The van der Waals surface area contributed by atoms with E-state index in [4.69, 9.17) is 10.5 Å². The first-order valence-electron chi connectivity index (χ1n) is 10.8. The van der Waals surface area contributed by atoms with Crippen molar-refractivity contribution >= 4 is 38.8 Å². The maximum Gasteiger partial charge on any atom is 0.243 e. The zero-order valence-electron chi connectivity index (χ0n) is 20.4. The third kappa shape index (κ3) is 5.89. The summed E-state index contributed by atoms with van der Waals surface area (Å²) in [4.78, 5) is 33.6. The van der Waals surface area contributed by atoms with E-state index in [9.17, 15) is 18.0 Å². The zero-order chi connectivity index (χ0) is 25.9. The molecular formula is C23H30N6O5S. The first-order valence-corrected chi connectivity index (χ1v) is 12.2. The predicted octanol–water partition coefficient (Wildman–Crippen LogP) is 1.17. The van der Waals surface area contributed by atoms with E-state index >= 15 is 0 Å². The Balaban J connectivity index is 1.57. The maximum atomic E-state index is 13.1. The number of fused-ring (bicyclic) bond motifs is 1. The second-order valence-corrected chi connectivity index (χ2v) is 10.3. The molecule has 0 aliphatic carbocycles. The van der Waals surface area contributed by atoms with Crippen LogP contribution in [0.4, 0.5) is 5.95 Å². The van der Waals surface area contributed by atoms with Gasteiger partial charge in [0.25, 0.3) is 0 Å². The molecule has 12 heteroatoms. The minimum atomic E-state index is -3.93. The van der Waals surface area contributed by atoms with Gasteiger partial charge in [-0.2, -0.15) is 4.31 Å². The van der Waals surface area contributed by atoms with Crippen molar-refractivity contribution in [3.05, 3.63) is 47.0 Å². The minimum Gasteiger partial charge on any atom is -0.497 e. The molecular weight excluding hydrogens is 472 g/mol. The van der Waals surface area contributed by atoms with Gasteiger partial charge in [-0.1, -0.05) is 6.07 Å². The Labute approximate surface area is 204 Å². The van der Waals surface area contributed by atoms with E-state index in [1.807, 2.05) is 12.1 Å². The Morgan fingerprint density at radius 3 is 2.43 bits per heavy atom. The highest BCUT2D eigenvalue weighted by Gasteiger charge is 2.27. The van der Waals surface area contributed by atoms with E-state index in [1.54, 1.807) is 39.1 Å². The second-order valence-electron chi connectivity index (χ2n) is 8.35. The number of aromatic nitrogens is 2. The lowest BCUT2D eigenvalue weighted by Gasteiger charge is -2.21. The number of nitrogens with two attached hydrogens (primary N) is 1. The van der Waals surface area contributed by atoms with Gasteiger partial charge < -0.3 is 25.7 Å². The van der Waals surface area contributed by atoms with Crippen molar-refractivity contribution < 1.29 is 22.7 Å². The molecule has 2 aromatic carbocycles. The van der Waals surface area contributed by atoms with E-state index < -0.39 is 22.5 Å². The molecule has 188 valence electrons. The monoisotopic (exact) mass is 502 g/mol. The summed E-state index contributed by atoms with van der Waals surface area (Å²) in [5.74, 6) is -0.0462. The summed E-state index contributed by atoms with van der Waals surface area (Å²) in [7, 11) is 0.519. The van der Waals surface area contributed by atoms with Crippen LogP contribution in [-0.4, -0.2) is 73.7 Å². The van der Waals surface area contributed by atoms with Gasteiger partial charge in [0.1, 0.15) is 5.75 Å². The van der Waals surface area contributed by atoms with Crippen LogP contribution in [0, 0.1) is 13.8 Å². The number of aryl methyl sites for hydroxylation is 2. The largest absolute Gasteiger partial charge is 0.497 e. The number of likely N-dealkylation sites (N-methyl/N-ethyl adjacent to an activating group) is 2. The van der Waals surface area contributed by atoms with Gasteiger partial charge in [-0.3, -0.25) is 9.59 Å². The van der Waals surface area contributed by atoms with Crippen LogP contribution >= 0.6 is 0 Å². The summed E-state index contributed by atoms with van der Waals surface area (Å²) in [5, 5.41) is 2.50. The van der Waals surface area contributed by atoms with Crippen molar-refractivity contribution in [3.8, 4) is 5.75 Å². The Bertz CT molecular complexity index is 1340. The van der Waals surface area contributed by atoms with Crippen LogP contribution in [0.2, 0.25) is 0 Å². The molecule has 1 aromatic heterocycles. The van der Waals surface area contributed by atoms with Gasteiger partial charge in [-0.25, -0.2) is 13.4 Å². The summed E-state index contributed by atoms with van der Waals surface area (Å²) >= 11 is 0. The second kappa shape index (κ2) is 10.3. The number of amides is 2. The number of imidazole rings is 1. The molecule has 0 saturated heterocycles. The third-order valence-corrected chi connectivity index (χ3v) is 7.66. The number of nitrogen functional groups attached to an aromatic ring is 1. The molecule has 0 bridgehead atoms. The number of hydrogen-bond donors (Lipinski definition) is 3. The molecule has 1 heterocycles. The Hall–Kier alpha value is -3.64. The lowest BCUT2D eigenvalue weighted by atomic mass is 10.1. The first-order chi connectivity index (χ1) is 16.4. The summed E-state index contributed by atoms with van der Waals surface area (Å²) < 4.78 is 32.3. The number of aromatic amines is 1. The van der Waals surface area contributed by atoms with Gasteiger partial charge in [0.2, 0.25) is 21.8 Å². The van der Waals surface area contributed by atoms with Crippen molar-refractivity contribution in [1.82, 2.24) is 24.5 Å². The Kier molecular flexibility index (Phi) is 7.66. The van der Waals surface area contributed by atoms with Crippen LogP contribution in [0.1, 0.15) is 16.7 Å². The number of H-pyrrole nitrogens is 1. The summed E-state index contributed by atoms with van der Waals surface area (Å²) in [5.41, 5.74) is 9.05. The zero-order valence-corrected chi connectivity index (χ0v) is 21.2. The number of nitrogens with zero attached hydrogens (tertiary/aromatic N) is 3. The summed E-state index contributed by atoms with van der Waals surface area (Å²) in [6.45, 7) is 2.97. The highest BCUT2D eigenvalue weighted by molar-refractivity contribution is 7.89. The Morgan fingerprint density at radius 2 is 1.80 bits per heavy atom. The van der Waals surface area contributed by atoms with E-state index in [-0.39, 0.29) is 17.3 Å². The number of carbonyl (C=O) groups excluding carboxylic acids is 2. The lowest BCUT2D eigenvalue weighted by molar-refractivity contribution is -0.132. The quantitative estimate of drug-likeness (QED) is 0.397. The molecule has 11 nitrogen and oxygen atoms in total. The van der Waals surface area contributed by atoms with E-state index in [1.165, 1.54) is 19.1 Å².